The first-order valence-electron chi connectivity index (χ1n) is 11.3. The molecule has 7 nitrogen and oxygen atoms in total. The lowest BCUT2D eigenvalue weighted by molar-refractivity contribution is 0.208. The van der Waals surface area contributed by atoms with E-state index in [1.165, 1.54) is 12.1 Å². The van der Waals surface area contributed by atoms with Gasteiger partial charge in [-0.2, -0.15) is 0 Å². The number of nitrogens with one attached hydrogen (secondary N) is 1. The van der Waals surface area contributed by atoms with E-state index in [-0.39, 0.29) is 11.8 Å². The number of amides is 2. The molecule has 1 fully saturated rings. The van der Waals surface area contributed by atoms with Gasteiger partial charge in [0, 0.05) is 37.4 Å². The molecular formula is C26H25FN6O. The van der Waals surface area contributed by atoms with Crippen molar-refractivity contribution in [3.05, 3.63) is 77.9 Å². The Bertz CT molecular complexity index is 1350. The molecule has 172 valence electrons. The Morgan fingerprint density at radius 2 is 1.68 bits per heavy atom. The maximum absolute atomic E-state index is 13.4. The molecule has 34 heavy (non-hydrogen) atoms. The van der Waals surface area contributed by atoms with Crippen LogP contribution in [-0.2, 0) is 0 Å². The molecule has 5 rings (SSSR count). The molecule has 1 aliphatic rings. The van der Waals surface area contributed by atoms with E-state index >= 15 is 0 Å². The molecule has 0 radical (unpaired) electrons. The molecule has 2 aromatic heterocycles. The van der Waals surface area contributed by atoms with Crippen LogP contribution in [0.5, 0.6) is 0 Å². The van der Waals surface area contributed by atoms with Crippen LogP contribution in [0.15, 0.2) is 60.7 Å². The number of nitrogens with zero attached hydrogens (tertiary/aromatic N) is 5. The maximum atomic E-state index is 13.4. The van der Waals surface area contributed by atoms with E-state index in [1.807, 2.05) is 55.1 Å². The SMILES string of the molecule is Cc1cccc(NC(=O)N2CCN(c3nc(C)nc4ccc(-c5ccc(F)cc5)nc34)CC2)c1. The van der Waals surface area contributed by atoms with Gasteiger partial charge in [0.05, 0.1) is 11.2 Å². The number of aromatic nitrogens is 3. The van der Waals surface area contributed by atoms with Crippen LogP contribution >= 0.6 is 0 Å². The number of anilines is 2. The van der Waals surface area contributed by atoms with E-state index in [0.29, 0.717) is 37.5 Å². The van der Waals surface area contributed by atoms with Gasteiger partial charge in [-0.05, 0) is 67.9 Å². The predicted octanol–water partition coefficient (Wildman–Crippen LogP) is 4.80. The Balaban J connectivity index is 1.36. The standard InChI is InChI=1S/C26H25FN6O/c1-17-4-3-5-21(16-17)30-26(34)33-14-12-32(13-15-33)25-24-23(28-18(2)29-25)11-10-22(31-24)19-6-8-20(27)9-7-19/h3-11,16H,12-15H2,1-2H3,(H,30,34). The molecule has 0 saturated carbocycles. The monoisotopic (exact) mass is 456 g/mol. The molecule has 3 heterocycles. The van der Waals surface area contributed by atoms with Crippen LogP contribution in [0, 0.1) is 19.7 Å². The molecule has 2 aromatic carbocycles. The number of urea groups is 1. The van der Waals surface area contributed by atoms with Crippen molar-refractivity contribution in [2.24, 2.45) is 0 Å². The van der Waals surface area contributed by atoms with Crippen molar-refractivity contribution in [2.45, 2.75) is 13.8 Å². The van der Waals surface area contributed by atoms with Crippen molar-refractivity contribution in [3.63, 3.8) is 0 Å². The van der Waals surface area contributed by atoms with Gasteiger partial charge in [-0.1, -0.05) is 12.1 Å². The molecular weight excluding hydrogens is 431 g/mol. The minimum atomic E-state index is -0.284. The molecule has 2 amide bonds. The second-order valence-corrected chi connectivity index (χ2v) is 8.44. The van der Waals surface area contributed by atoms with Gasteiger partial charge in [0.2, 0.25) is 0 Å². The molecule has 0 bridgehead atoms. The second-order valence-electron chi connectivity index (χ2n) is 8.44. The Labute approximate surface area is 197 Å². The highest BCUT2D eigenvalue weighted by molar-refractivity contribution is 5.90. The topological polar surface area (TPSA) is 74.2 Å². The number of hydrogen-bond acceptors (Lipinski definition) is 5. The van der Waals surface area contributed by atoms with Gasteiger partial charge in [0.1, 0.15) is 17.2 Å². The summed E-state index contributed by atoms with van der Waals surface area (Å²) in [7, 11) is 0. The van der Waals surface area contributed by atoms with Crippen molar-refractivity contribution in [2.75, 3.05) is 36.4 Å². The van der Waals surface area contributed by atoms with Crippen molar-refractivity contribution >= 4 is 28.6 Å². The largest absolute Gasteiger partial charge is 0.351 e. The third-order valence-corrected chi connectivity index (χ3v) is 5.91. The molecule has 0 aliphatic carbocycles. The lowest BCUT2D eigenvalue weighted by Crippen LogP contribution is -2.50. The van der Waals surface area contributed by atoms with E-state index in [2.05, 4.69) is 15.2 Å². The van der Waals surface area contributed by atoms with Gasteiger partial charge in [-0.3, -0.25) is 0 Å². The number of fused-ring (bicyclic) bond motifs is 1. The van der Waals surface area contributed by atoms with E-state index in [9.17, 15) is 9.18 Å². The third kappa shape index (κ3) is 4.52. The van der Waals surface area contributed by atoms with Gasteiger partial charge >= 0.3 is 6.03 Å². The first kappa shape index (κ1) is 21.8. The normalized spacial score (nSPS) is 13.9. The Morgan fingerprint density at radius 1 is 0.912 bits per heavy atom. The van der Waals surface area contributed by atoms with E-state index in [0.717, 1.165) is 33.8 Å². The molecule has 1 N–H and O–H groups in total. The smallest absolute Gasteiger partial charge is 0.321 e. The van der Waals surface area contributed by atoms with E-state index < -0.39 is 0 Å². The Morgan fingerprint density at radius 3 is 2.41 bits per heavy atom. The number of piperazine rings is 1. The van der Waals surface area contributed by atoms with E-state index in [1.54, 1.807) is 12.1 Å². The number of rotatable bonds is 3. The number of pyridine rings is 1. The molecule has 0 atom stereocenters. The fourth-order valence-corrected chi connectivity index (χ4v) is 4.16. The van der Waals surface area contributed by atoms with Crippen molar-refractivity contribution in [1.29, 1.82) is 0 Å². The van der Waals surface area contributed by atoms with Crippen LogP contribution in [0.25, 0.3) is 22.3 Å². The van der Waals surface area contributed by atoms with Gasteiger partial charge in [0.25, 0.3) is 0 Å². The predicted molar refractivity (Wildman–Crippen MR) is 131 cm³/mol. The summed E-state index contributed by atoms with van der Waals surface area (Å²) in [6, 6.07) is 17.7. The summed E-state index contributed by atoms with van der Waals surface area (Å²) in [5.74, 6) is 1.14. The Kier molecular flexibility index (Phi) is 5.79. The van der Waals surface area contributed by atoms with Crippen LogP contribution < -0.4 is 10.2 Å². The van der Waals surface area contributed by atoms with Crippen molar-refractivity contribution < 1.29 is 9.18 Å². The zero-order valence-electron chi connectivity index (χ0n) is 19.1. The molecule has 1 saturated heterocycles. The van der Waals surface area contributed by atoms with Gasteiger partial charge in [-0.25, -0.2) is 24.1 Å². The highest BCUT2D eigenvalue weighted by Gasteiger charge is 2.24. The highest BCUT2D eigenvalue weighted by Crippen LogP contribution is 2.27. The summed E-state index contributed by atoms with van der Waals surface area (Å²) < 4.78 is 13.4. The lowest BCUT2D eigenvalue weighted by atomic mass is 10.1. The second kappa shape index (κ2) is 9.05. The summed E-state index contributed by atoms with van der Waals surface area (Å²) in [4.78, 5) is 30.8. The third-order valence-electron chi connectivity index (χ3n) is 5.91. The minimum absolute atomic E-state index is 0.106. The Hall–Kier alpha value is -4.07. The van der Waals surface area contributed by atoms with Crippen LogP contribution in [-0.4, -0.2) is 52.1 Å². The highest BCUT2D eigenvalue weighted by atomic mass is 19.1. The average molecular weight is 457 g/mol. The van der Waals surface area contributed by atoms with Crippen LogP contribution in [0.4, 0.5) is 20.7 Å². The molecule has 0 unspecified atom stereocenters. The molecule has 8 heteroatoms. The summed E-state index contributed by atoms with van der Waals surface area (Å²) in [5.41, 5.74) is 4.91. The zero-order valence-corrected chi connectivity index (χ0v) is 19.1. The number of carbonyl (C=O) groups excluding carboxylic acids is 1. The first-order chi connectivity index (χ1) is 16.5. The number of hydrogen-bond donors (Lipinski definition) is 1. The van der Waals surface area contributed by atoms with Gasteiger partial charge in [0.15, 0.2) is 5.82 Å². The van der Waals surface area contributed by atoms with Crippen molar-refractivity contribution in [3.8, 4) is 11.3 Å². The summed E-state index contributed by atoms with van der Waals surface area (Å²) in [6.07, 6.45) is 0. The van der Waals surface area contributed by atoms with Crippen LogP contribution in [0.3, 0.4) is 0 Å². The fraction of sp³-hybridized carbons (Fsp3) is 0.231. The van der Waals surface area contributed by atoms with E-state index in [4.69, 9.17) is 9.97 Å². The molecule has 4 aromatic rings. The lowest BCUT2D eigenvalue weighted by Gasteiger charge is -2.35. The van der Waals surface area contributed by atoms with Gasteiger partial charge in [-0.15, -0.1) is 0 Å². The summed E-state index contributed by atoms with van der Waals surface area (Å²) >= 11 is 0. The average Bonchev–Trinajstić information content (AvgIpc) is 2.84. The summed E-state index contributed by atoms with van der Waals surface area (Å²) in [5, 5.41) is 2.98. The molecule has 0 spiro atoms. The first-order valence-corrected chi connectivity index (χ1v) is 11.3. The number of aryl methyl sites for hydroxylation is 2. The van der Waals surface area contributed by atoms with Gasteiger partial charge < -0.3 is 15.1 Å². The number of halogens is 1. The quantitative estimate of drug-likeness (QED) is 0.479. The number of carbonyl (C=O) groups is 1. The number of benzene rings is 2. The minimum Gasteiger partial charge on any atom is -0.351 e. The van der Waals surface area contributed by atoms with Crippen LogP contribution in [0.2, 0.25) is 0 Å². The summed E-state index contributed by atoms with van der Waals surface area (Å²) in [6.45, 7) is 6.27. The maximum Gasteiger partial charge on any atom is 0.321 e. The fourth-order valence-electron chi connectivity index (χ4n) is 4.16. The molecule has 1 aliphatic heterocycles. The van der Waals surface area contributed by atoms with Crippen molar-refractivity contribution in [1.82, 2.24) is 19.9 Å². The van der Waals surface area contributed by atoms with Crippen LogP contribution in [0.1, 0.15) is 11.4 Å². The zero-order chi connectivity index (χ0) is 23.7.